The molecule has 2 aliphatic rings. The van der Waals surface area contributed by atoms with E-state index >= 15 is 0 Å². The van der Waals surface area contributed by atoms with E-state index < -0.39 is 0 Å². The van der Waals surface area contributed by atoms with Crippen LogP contribution in [0.3, 0.4) is 0 Å². The van der Waals surface area contributed by atoms with Crippen molar-refractivity contribution in [1.82, 2.24) is 10.2 Å². The summed E-state index contributed by atoms with van der Waals surface area (Å²) in [7, 11) is 0. The molecule has 1 atom stereocenters. The van der Waals surface area contributed by atoms with Crippen LogP contribution in [0.4, 0.5) is 0 Å². The normalized spacial score (nSPS) is 26.0. The molecule has 0 aromatic heterocycles. The highest BCUT2D eigenvalue weighted by Crippen LogP contribution is 2.31. The molecule has 0 aliphatic carbocycles. The Morgan fingerprint density at radius 1 is 1.27 bits per heavy atom. The van der Waals surface area contributed by atoms with Crippen molar-refractivity contribution in [2.75, 3.05) is 19.7 Å². The number of likely N-dealkylation sites (tertiary alicyclic amines) is 1. The smallest absolute Gasteiger partial charge is 0.119 e. The molecule has 2 aliphatic heterocycles. The van der Waals surface area contributed by atoms with Crippen LogP contribution < -0.4 is 10.1 Å². The van der Waals surface area contributed by atoms with Crippen LogP contribution in [0.15, 0.2) is 18.2 Å². The number of ether oxygens (including phenoxy) is 1. The molecule has 0 saturated carbocycles. The Hall–Kier alpha value is -1.06. The first-order valence-corrected chi connectivity index (χ1v) is 8.80. The lowest BCUT2D eigenvalue weighted by Crippen LogP contribution is -2.56. The minimum atomic E-state index is 0.171. The van der Waals surface area contributed by atoms with Crippen molar-refractivity contribution in [1.29, 1.82) is 0 Å². The zero-order valence-electron chi connectivity index (χ0n) is 14.3. The molecule has 2 heterocycles. The number of rotatable bonds is 4. The third kappa shape index (κ3) is 3.31. The fourth-order valence-electron chi connectivity index (χ4n) is 4.02. The van der Waals surface area contributed by atoms with E-state index in [1.165, 1.54) is 36.9 Å². The van der Waals surface area contributed by atoms with Crippen LogP contribution in [0.2, 0.25) is 0 Å². The number of benzene rings is 1. The van der Waals surface area contributed by atoms with E-state index in [1.54, 1.807) is 0 Å². The highest BCUT2D eigenvalue weighted by atomic mass is 16.5. The van der Waals surface area contributed by atoms with Crippen LogP contribution in [-0.4, -0.2) is 36.2 Å². The lowest BCUT2D eigenvalue weighted by atomic mass is 9.88. The molecule has 3 rings (SSSR count). The van der Waals surface area contributed by atoms with Crippen LogP contribution in [0.5, 0.6) is 5.75 Å². The van der Waals surface area contributed by atoms with Crippen molar-refractivity contribution < 1.29 is 4.74 Å². The molecule has 122 valence electrons. The predicted molar refractivity (Wildman–Crippen MR) is 91.4 cm³/mol. The van der Waals surface area contributed by atoms with Crippen LogP contribution in [0.1, 0.15) is 51.2 Å². The second kappa shape index (κ2) is 6.59. The standard InChI is InChI=1S/C19H30N2O/c1-15(2)21-11-5-4-9-19(21,3)14-22-18-7-6-17-13-20-10-8-16(17)12-18/h6-7,12,15,20H,4-5,8-11,13-14H2,1-3H3. The Morgan fingerprint density at radius 2 is 2.14 bits per heavy atom. The predicted octanol–water partition coefficient (Wildman–Crippen LogP) is 3.36. The van der Waals surface area contributed by atoms with Gasteiger partial charge in [-0.25, -0.2) is 0 Å². The molecule has 1 unspecified atom stereocenters. The Balaban J connectivity index is 1.68. The third-order valence-corrected chi connectivity index (χ3v) is 5.30. The number of hydrogen-bond donors (Lipinski definition) is 1. The molecular formula is C19H30N2O. The van der Waals surface area contributed by atoms with Crippen LogP contribution in [0.25, 0.3) is 0 Å². The quantitative estimate of drug-likeness (QED) is 0.923. The van der Waals surface area contributed by atoms with E-state index in [4.69, 9.17) is 4.74 Å². The van der Waals surface area contributed by atoms with Gasteiger partial charge in [0.25, 0.3) is 0 Å². The van der Waals surface area contributed by atoms with Crippen LogP contribution in [0, 0.1) is 0 Å². The summed E-state index contributed by atoms with van der Waals surface area (Å²) in [5.41, 5.74) is 3.04. The first-order chi connectivity index (χ1) is 10.6. The summed E-state index contributed by atoms with van der Waals surface area (Å²) in [6.07, 6.45) is 4.99. The molecule has 3 nitrogen and oxygen atoms in total. The molecule has 0 radical (unpaired) electrons. The Labute approximate surface area is 135 Å². The number of piperidine rings is 1. The maximum absolute atomic E-state index is 6.23. The molecule has 22 heavy (non-hydrogen) atoms. The van der Waals surface area contributed by atoms with E-state index in [2.05, 4.69) is 49.2 Å². The SMILES string of the molecule is CC(C)N1CCCCC1(C)COc1ccc2c(c1)CCNC2. The molecule has 0 bridgehead atoms. The van der Waals surface area contributed by atoms with Gasteiger partial charge in [-0.2, -0.15) is 0 Å². The molecule has 1 N–H and O–H groups in total. The van der Waals surface area contributed by atoms with Gasteiger partial charge in [-0.05, 0) is 76.4 Å². The molecule has 0 spiro atoms. The minimum absolute atomic E-state index is 0.171. The maximum Gasteiger partial charge on any atom is 0.119 e. The van der Waals surface area contributed by atoms with Gasteiger partial charge in [0.15, 0.2) is 0 Å². The van der Waals surface area contributed by atoms with Gasteiger partial charge in [-0.3, -0.25) is 4.90 Å². The minimum Gasteiger partial charge on any atom is -0.492 e. The van der Waals surface area contributed by atoms with Gasteiger partial charge in [0.1, 0.15) is 12.4 Å². The number of fused-ring (bicyclic) bond motifs is 1. The molecular weight excluding hydrogens is 272 g/mol. The summed E-state index contributed by atoms with van der Waals surface area (Å²) in [5.74, 6) is 1.04. The Morgan fingerprint density at radius 3 is 2.95 bits per heavy atom. The van der Waals surface area contributed by atoms with Crippen LogP contribution >= 0.6 is 0 Å². The monoisotopic (exact) mass is 302 g/mol. The average Bonchev–Trinajstić information content (AvgIpc) is 2.53. The molecule has 1 saturated heterocycles. The molecule has 3 heteroatoms. The molecule has 1 aromatic carbocycles. The van der Waals surface area contributed by atoms with Crippen molar-refractivity contribution in [3.8, 4) is 5.75 Å². The first-order valence-electron chi connectivity index (χ1n) is 8.80. The van der Waals surface area contributed by atoms with Crippen LogP contribution in [-0.2, 0) is 13.0 Å². The zero-order valence-corrected chi connectivity index (χ0v) is 14.3. The maximum atomic E-state index is 6.23. The molecule has 0 amide bonds. The van der Waals surface area contributed by atoms with Gasteiger partial charge in [0.05, 0.1) is 5.54 Å². The van der Waals surface area contributed by atoms with E-state index in [0.717, 1.165) is 31.9 Å². The van der Waals surface area contributed by atoms with Gasteiger partial charge in [0.2, 0.25) is 0 Å². The van der Waals surface area contributed by atoms with E-state index in [0.29, 0.717) is 6.04 Å². The van der Waals surface area contributed by atoms with Crippen molar-refractivity contribution in [2.24, 2.45) is 0 Å². The van der Waals surface area contributed by atoms with E-state index in [1.807, 2.05) is 0 Å². The summed E-state index contributed by atoms with van der Waals surface area (Å²) in [6.45, 7) is 11.0. The number of nitrogens with zero attached hydrogens (tertiary/aromatic N) is 1. The van der Waals surface area contributed by atoms with Crippen molar-refractivity contribution >= 4 is 0 Å². The number of hydrogen-bond acceptors (Lipinski definition) is 3. The van der Waals surface area contributed by atoms with Crippen molar-refractivity contribution in [3.63, 3.8) is 0 Å². The summed E-state index contributed by atoms with van der Waals surface area (Å²) >= 11 is 0. The topological polar surface area (TPSA) is 24.5 Å². The highest BCUT2D eigenvalue weighted by molar-refractivity contribution is 5.37. The first kappa shape index (κ1) is 15.8. The van der Waals surface area contributed by atoms with Gasteiger partial charge in [-0.15, -0.1) is 0 Å². The summed E-state index contributed by atoms with van der Waals surface area (Å²) in [4.78, 5) is 2.62. The highest BCUT2D eigenvalue weighted by Gasteiger charge is 2.36. The Kier molecular flexibility index (Phi) is 4.74. The second-order valence-corrected chi connectivity index (χ2v) is 7.39. The average molecular weight is 302 g/mol. The second-order valence-electron chi connectivity index (χ2n) is 7.39. The zero-order chi connectivity index (χ0) is 15.6. The van der Waals surface area contributed by atoms with Crippen molar-refractivity contribution in [2.45, 2.75) is 64.6 Å². The van der Waals surface area contributed by atoms with E-state index in [-0.39, 0.29) is 5.54 Å². The van der Waals surface area contributed by atoms with Gasteiger partial charge < -0.3 is 10.1 Å². The Bertz CT molecular complexity index is 514. The third-order valence-electron chi connectivity index (χ3n) is 5.30. The summed E-state index contributed by atoms with van der Waals surface area (Å²) < 4.78 is 6.23. The lowest BCUT2D eigenvalue weighted by Gasteiger charge is -2.47. The fourth-order valence-corrected chi connectivity index (χ4v) is 4.02. The largest absolute Gasteiger partial charge is 0.492 e. The lowest BCUT2D eigenvalue weighted by molar-refractivity contribution is -0.00144. The molecule has 1 aromatic rings. The van der Waals surface area contributed by atoms with Gasteiger partial charge >= 0.3 is 0 Å². The molecule has 1 fully saturated rings. The van der Waals surface area contributed by atoms with E-state index in [9.17, 15) is 0 Å². The fraction of sp³-hybridized carbons (Fsp3) is 0.684. The van der Waals surface area contributed by atoms with Gasteiger partial charge in [-0.1, -0.05) is 12.5 Å². The van der Waals surface area contributed by atoms with Gasteiger partial charge in [0, 0.05) is 12.6 Å². The summed E-state index contributed by atoms with van der Waals surface area (Å²) in [6, 6.07) is 7.20. The summed E-state index contributed by atoms with van der Waals surface area (Å²) in [5, 5.41) is 3.42. The number of nitrogens with one attached hydrogen (secondary N) is 1. The van der Waals surface area contributed by atoms with Crippen molar-refractivity contribution in [3.05, 3.63) is 29.3 Å².